The number of fused-ring (bicyclic) bond motifs is 1. The van der Waals surface area contributed by atoms with Crippen LogP contribution in [0.15, 0.2) is 22.8 Å². The van der Waals surface area contributed by atoms with Crippen molar-refractivity contribution in [2.45, 2.75) is 13.8 Å². The highest BCUT2D eigenvalue weighted by Crippen LogP contribution is 2.37. The molecule has 3 rings (SSSR count). The van der Waals surface area contributed by atoms with Crippen LogP contribution in [0.4, 0.5) is 0 Å². The Balaban J connectivity index is 2.28. The minimum atomic E-state index is 0.715. The summed E-state index contributed by atoms with van der Waals surface area (Å²) in [5.74, 6) is 0.788. The van der Waals surface area contributed by atoms with Gasteiger partial charge in [-0.05, 0) is 41.9 Å². The second-order valence-corrected chi connectivity index (χ2v) is 6.07. The summed E-state index contributed by atoms with van der Waals surface area (Å²) < 4.78 is 9.35. The molecular formula is C13H12BrN3OS. The average molecular weight is 338 g/mol. The fraction of sp³-hybridized carbons (Fsp3) is 0.231. The molecule has 0 unspecified atom stereocenters. The number of aromatic nitrogens is 3. The number of thiazole rings is 1. The molecule has 3 aromatic rings. The Bertz CT molecular complexity index is 743. The first-order valence-electron chi connectivity index (χ1n) is 5.76. The van der Waals surface area contributed by atoms with Gasteiger partial charge in [-0.2, -0.15) is 4.98 Å². The predicted octanol–water partition coefficient (Wildman–Crippen LogP) is 3.87. The summed E-state index contributed by atoms with van der Waals surface area (Å²) in [4.78, 5) is 8.93. The third-order valence-corrected chi connectivity index (χ3v) is 4.58. The molecule has 0 radical (unpaired) electrons. The van der Waals surface area contributed by atoms with Crippen LogP contribution in [0.1, 0.15) is 11.4 Å². The Kier molecular flexibility index (Phi) is 3.06. The number of hydrogen-bond acceptors (Lipinski definition) is 4. The molecular weight excluding hydrogens is 326 g/mol. The lowest BCUT2D eigenvalue weighted by Gasteiger charge is -2.03. The molecule has 0 atom stereocenters. The average Bonchev–Trinajstić information content (AvgIpc) is 2.93. The van der Waals surface area contributed by atoms with Gasteiger partial charge in [-0.25, -0.2) is 4.98 Å². The van der Waals surface area contributed by atoms with Crippen LogP contribution in [-0.4, -0.2) is 21.6 Å². The van der Waals surface area contributed by atoms with Crippen molar-refractivity contribution in [2.24, 2.45) is 0 Å². The fourth-order valence-corrected chi connectivity index (χ4v) is 3.84. The van der Waals surface area contributed by atoms with Crippen molar-refractivity contribution in [3.05, 3.63) is 34.2 Å². The second kappa shape index (κ2) is 4.61. The van der Waals surface area contributed by atoms with Gasteiger partial charge < -0.3 is 4.74 Å². The molecule has 19 heavy (non-hydrogen) atoms. The first kappa shape index (κ1) is 12.6. The van der Waals surface area contributed by atoms with Crippen molar-refractivity contribution in [1.29, 1.82) is 0 Å². The summed E-state index contributed by atoms with van der Waals surface area (Å²) in [6, 6.07) is 4.17. The number of ether oxygens (including phenoxy) is 1. The number of methoxy groups -OCH3 is 1. The Morgan fingerprint density at radius 1 is 1.26 bits per heavy atom. The monoisotopic (exact) mass is 337 g/mol. The second-order valence-electron chi connectivity index (χ2n) is 4.24. The molecule has 0 spiro atoms. The maximum Gasteiger partial charge on any atom is 0.196 e. The SMILES string of the molecule is COc1c(Br)cnc2nc(-n3c(C)ccc3C)sc12. The number of nitrogens with zero attached hydrogens (tertiary/aromatic N) is 3. The van der Waals surface area contributed by atoms with Gasteiger partial charge in [-0.1, -0.05) is 11.3 Å². The summed E-state index contributed by atoms with van der Waals surface area (Å²) in [6.45, 7) is 4.14. The van der Waals surface area contributed by atoms with E-state index in [0.717, 1.165) is 31.4 Å². The van der Waals surface area contributed by atoms with Crippen LogP contribution >= 0.6 is 27.3 Å². The molecule has 98 valence electrons. The maximum atomic E-state index is 5.42. The largest absolute Gasteiger partial charge is 0.494 e. The van der Waals surface area contributed by atoms with Gasteiger partial charge in [0.15, 0.2) is 16.5 Å². The van der Waals surface area contributed by atoms with Crippen molar-refractivity contribution < 1.29 is 4.74 Å². The molecule has 0 aliphatic rings. The van der Waals surface area contributed by atoms with Crippen LogP contribution in [0.2, 0.25) is 0 Å². The third-order valence-electron chi connectivity index (χ3n) is 2.99. The van der Waals surface area contributed by atoms with Crippen molar-refractivity contribution in [3.8, 4) is 10.9 Å². The fourth-order valence-electron chi connectivity index (χ4n) is 2.08. The Hall–Kier alpha value is -1.40. The first-order valence-corrected chi connectivity index (χ1v) is 7.37. The summed E-state index contributed by atoms with van der Waals surface area (Å²) in [5, 5.41) is 0.916. The quantitative estimate of drug-likeness (QED) is 0.712. The van der Waals surface area contributed by atoms with Gasteiger partial charge >= 0.3 is 0 Å². The highest BCUT2D eigenvalue weighted by molar-refractivity contribution is 9.10. The van der Waals surface area contributed by atoms with Crippen molar-refractivity contribution in [1.82, 2.24) is 14.5 Å². The van der Waals surface area contributed by atoms with Gasteiger partial charge in [0.25, 0.3) is 0 Å². The van der Waals surface area contributed by atoms with Crippen LogP contribution in [-0.2, 0) is 0 Å². The molecule has 0 amide bonds. The molecule has 0 fully saturated rings. The minimum Gasteiger partial charge on any atom is -0.494 e. The van der Waals surface area contributed by atoms with Gasteiger partial charge in [0.05, 0.1) is 11.6 Å². The number of rotatable bonds is 2. The molecule has 0 saturated heterocycles. The normalized spacial score (nSPS) is 11.2. The predicted molar refractivity (Wildman–Crippen MR) is 80.5 cm³/mol. The van der Waals surface area contributed by atoms with E-state index in [2.05, 4.69) is 56.4 Å². The molecule has 0 N–H and O–H groups in total. The molecule has 0 aromatic carbocycles. The van der Waals surface area contributed by atoms with E-state index in [1.807, 2.05) is 0 Å². The lowest BCUT2D eigenvalue weighted by atomic mass is 10.4. The zero-order valence-electron chi connectivity index (χ0n) is 10.8. The van der Waals surface area contributed by atoms with Crippen molar-refractivity contribution in [2.75, 3.05) is 7.11 Å². The Morgan fingerprint density at radius 3 is 2.58 bits per heavy atom. The summed E-state index contributed by atoms with van der Waals surface area (Å²) in [7, 11) is 1.66. The van der Waals surface area contributed by atoms with E-state index in [4.69, 9.17) is 4.74 Å². The summed E-state index contributed by atoms with van der Waals surface area (Å²) >= 11 is 5.03. The molecule has 3 heterocycles. The highest BCUT2D eigenvalue weighted by Gasteiger charge is 2.15. The van der Waals surface area contributed by atoms with Crippen molar-refractivity contribution in [3.63, 3.8) is 0 Å². The molecule has 0 aliphatic carbocycles. The van der Waals surface area contributed by atoms with Crippen LogP contribution in [0, 0.1) is 13.8 Å². The van der Waals surface area contributed by atoms with Crippen LogP contribution < -0.4 is 4.74 Å². The third kappa shape index (κ3) is 1.95. The van der Waals surface area contributed by atoms with E-state index in [-0.39, 0.29) is 0 Å². The molecule has 0 bridgehead atoms. The molecule has 3 aromatic heterocycles. The number of pyridine rings is 1. The van der Waals surface area contributed by atoms with E-state index < -0.39 is 0 Å². The molecule has 0 saturated carbocycles. The zero-order chi connectivity index (χ0) is 13.6. The van der Waals surface area contributed by atoms with Gasteiger partial charge in [0.1, 0.15) is 4.70 Å². The van der Waals surface area contributed by atoms with E-state index in [0.29, 0.717) is 5.65 Å². The lowest BCUT2D eigenvalue weighted by Crippen LogP contribution is -1.97. The molecule has 6 heteroatoms. The lowest BCUT2D eigenvalue weighted by molar-refractivity contribution is 0.417. The summed E-state index contributed by atoms with van der Waals surface area (Å²) in [6.07, 6.45) is 1.72. The highest BCUT2D eigenvalue weighted by atomic mass is 79.9. The number of aryl methyl sites for hydroxylation is 2. The number of hydrogen-bond donors (Lipinski definition) is 0. The van der Waals surface area contributed by atoms with E-state index in [1.54, 1.807) is 24.6 Å². The van der Waals surface area contributed by atoms with Gasteiger partial charge in [-0.3, -0.25) is 4.57 Å². The van der Waals surface area contributed by atoms with E-state index in [1.165, 1.54) is 0 Å². The Labute approximate surface area is 123 Å². The van der Waals surface area contributed by atoms with E-state index in [9.17, 15) is 0 Å². The topological polar surface area (TPSA) is 39.9 Å². The van der Waals surface area contributed by atoms with Crippen LogP contribution in [0.25, 0.3) is 15.5 Å². The van der Waals surface area contributed by atoms with E-state index >= 15 is 0 Å². The molecule has 0 aliphatic heterocycles. The van der Waals surface area contributed by atoms with Crippen LogP contribution in [0.5, 0.6) is 5.75 Å². The number of halogens is 1. The Morgan fingerprint density at radius 2 is 1.95 bits per heavy atom. The smallest absolute Gasteiger partial charge is 0.196 e. The maximum absolute atomic E-state index is 5.42. The van der Waals surface area contributed by atoms with Crippen molar-refractivity contribution >= 4 is 37.6 Å². The summed E-state index contributed by atoms with van der Waals surface area (Å²) in [5.41, 5.74) is 3.04. The van der Waals surface area contributed by atoms with Gasteiger partial charge in [0.2, 0.25) is 0 Å². The first-order chi connectivity index (χ1) is 9.11. The van der Waals surface area contributed by atoms with Gasteiger partial charge in [-0.15, -0.1) is 0 Å². The van der Waals surface area contributed by atoms with Gasteiger partial charge in [0, 0.05) is 17.6 Å². The molecule has 4 nitrogen and oxygen atoms in total. The zero-order valence-corrected chi connectivity index (χ0v) is 13.2. The standard InChI is InChI=1S/C13H12BrN3OS/c1-7-4-5-8(2)17(7)13-16-12-11(19-13)10(18-3)9(14)6-15-12/h4-6H,1-3H3. The van der Waals surface area contributed by atoms with Crippen LogP contribution in [0.3, 0.4) is 0 Å². The minimum absolute atomic E-state index is 0.715.